The van der Waals surface area contributed by atoms with E-state index in [4.69, 9.17) is 10.7 Å². The Morgan fingerprint density at radius 1 is 1.25 bits per heavy atom. The molecule has 1 fully saturated rings. The molecule has 1 aliphatic heterocycles. The van der Waals surface area contributed by atoms with E-state index < -0.39 is 5.91 Å². The molecule has 2 aromatic heterocycles. The number of carbonyl (C=O) groups is 1. The van der Waals surface area contributed by atoms with Gasteiger partial charge in [-0.3, -0.25) is 9.36 Å². The number of carbonyl (C=O) groups excluding carboxylic acids is 1. The highest BCUT2D eigenvalue weighted by molar-refractivity contribution is 6.06. The van der Waals surface area contributed by atoms with Gasteiger partial charge in [-0.25, -0.2) is 9.37 Å². The van der Waals surface area contributed by atoms with Crippen molar-refractivity contribution in [2.24, 2.45) is 5.73 Å². The van der Waals surface area contributed by atoms with E-state index in [1.807, 2.05) is 35.9 Å². The predicted octanol–water partition coefficient (Wildman–Crippen LogP) is 3.27. The van der Waals surface area contributed by atoms with E-state index in [-0.39, 0.29) is 5.82 Å². The van der Waals surface area contributed by atoms with Crippen LogP contribution < -0.4 is 16.4 Å². The second kappa shape index (κ2) is 8.05. The van der Waals surface area contributed by atoms with Gasteiger partial charge in [0.05, 0.1) is 5.52 Å². The van der Waals surface area contributed by atoms with Gasteiger partial charge in [0.1, 0.15) is 11.6 Å². The molecular weight excluding hydrogens is 407 g/mol. The first-order valence-electron chi connectivity index (χ1n) is 10.5. The van der Waals surface area contributed by atoms with Crippen molar-refractivity contribution in [1.82, 2.24) is 19.9 Å². The molecule has 3 heterocycles. The van der Waals surface area contributed by atoms with Gasteiger partial charge in [0.2, 0.25) is 11.9 Å². The van der Waals surface area contributed by atoms with Crippen LogP contribution in [0.3, 0.4) is 0 Å². The average Bonchev–Trinajstić information content (AvgIpc) is 3.07. The summed E-state index contributed by atoms with van der Waals surface area (Å²) in [4.78, 5) is 21.4. The van der Waals surface area contributed by atoms with Gasteiger partial charge in [-0.2, -0.15) is 4.98 Å². The highest BCUT2D eigenvalue weighted by Crippen LogP contribution is 2.29. The van der Waals surface area contributed by atoms with Crippen LogP contribution in [0.25, 0.3) is 16.9 Å². The quantitative estimate of drug-likeness (QED) is 0.436. The van der Waals surface area contributed by atoms with Crippen molar-refractivity contribution in [3.05, 3.63) is 82.9 Å². The molecule has 1 amide bonds. The molecule has 4 N–H and O–H groups in total. The van der Waals surface area contributed by atoms with E-state index in [1.54, 1.807) is 18.2 Å². The maximum atomic E-state index is 13.6. The Kier molecular flexibility index (Phi) is 5.07. The topological polar surface area (TPSA) is 97.9 Å². The number of hydrogen-bond donors (Lipinski definition) is 3. The molecule has 0 radical (unpaired) electrons. The van der Waals surface area contributed by atoms with Crippen LogP contribution in [0.1, 0.15) is 33.1 Å². The summed E-state index contributed by atoms with van der Waals surface area (Å²) in [5.74, 6) is 0.799. The molecule has 4 aromatic rings. The summed E-state index contributed by atoms with van der Waals surface area (Å²) < 4.78 is 15.5. The average molecular weight is 430 g/mol. The number of hydrogen-bond acceptors (Lipinski definition) is 5. The van der Waals surface area contributed by atoms with Gasteiger partial charge in [0.15, 0.2) is 0 Å². The highest BCUT2D eigenvalue weighted by Gasteiger charge is 2.24. The van der Waals surface area contributed by atoms with Crippen LogP contribution in [0.4, 0.5) is 10.2 Å². The number of nitrogens with zero attached hydrogens (tertiary/aromatic N) is 3. The molecular formula is C24H23FN6O. The third-order valence-corrected chi connectivity index (χ3v) is 5.87. The number of primary amides is 1. The van der Waals surface area contributed by atoms with Crippen LogP contribution in [0.5, 0.6) is 0 Å². The van der Waals surface area contributed by atoms with Crippen molar-refractivity contribution >= 4 is 22.6 Å². The fourth-order valence-corrected chi connectivity index (χ4v) is 4.11. The molecule has 2 aromatic carbocycles. The molecule has 0 spiro atoms. The summed E-state index contributed by atoms with van der Waals surface area (Å²) in [6, 6.07) is 13.9. The summed E-state index contributed by atoms with van der Waals surface area (Å²) in [6.07, 6.45) is 1.85. The SMILES string of the molecule is Cc1cc2c(C(N)=O)cccc2n1-c1ncc(C2CNC2)c(NCc2cccc(F)c2)n1. The summed E-state index contributed by atoms with van der Waals surface area (Å²) in [7, 11) is 0. The fourth-order valence-electron chi connectivity index (χ4n) is 4.11. The Balaban J connectivity index is 1.57. The zero-order valence-electron chi connectivity index (χ0n) is 17.6. The molecule has 0 bridgehead atoms. The Labute approximate surface area is 184 Å². The molecule has 162 valence electrons. The third-order valence-electron chi connectivity index (χ3n) is 5.87. The summed E-state index contributed by atoms with van der Waals surface area (Å²) in [5.41, 5.74) is 9.58. The summed E-state index contributed by atoms with van der Waals surface area (Å²) in [5, 5.41) is 7.42. The van der Waals surface area contributed by atoms with Crippen molar-refractivity contribution in [2.45, 2.75) is 19.4 Å². The largest absolute Gasteiger partial charge is 0.366 e. The number of halogens is 1. The van der Waals surface area contributed by atoms with Crippen LogP contribution in [-0.2, 0) is 6.54 Å². The molecule has 32 heavy (non-hydrogen) atoms. The minimum absolute atomic E-state index is 0.268. The Hall–Kier alpha value is -3.78. The van der Waals surface area contributed by atoms with Crippen LogP contribution in [0.15, 0.2) is 54.7 Å². The van der Waals surface area contributed by atoms with Crippen LogP contribution in [0.2, 0.25) is 0 Å². The highest BCUT2D eigenvalue weighted by atomic mass is 19.1. The Morgan fingerprint density at radius 2 is 2.06 bits per heavy atom. The van der Waals surface area contributed by atoms with Crippen LogP contribution in [-0.4, -0.2) is 33.5 Å². The molecule has 0 unspecified atom stereocenters. The van der Waals surface area contributed by atoms with Gasteiger partial charge < -0.3 is 16.4 Å². The van der Waals surface area contributed by atoms with E-state index in [2.05, 4.69) is 15.6 Å². The van der Waals surface area contributed by atoms with Crippen molar-refractivity contribution in [1.29, 1.82) is 0 Å². The Bertz CT molecular complexity index is 1330. The summed E-state index contributed by atoms with van der Waals surface area (Å²) >= 11 is 0. The maximum Gasteiger partial charge on any atom is 0.249 e. The second-order valence-corrected chi connectivity index (χ2v) is 8.04. The Morgan fingerprint density at radius 3 is 2.78 bits per heavy atom. The van der Waals surface area contributed by atoms with E-state index in [9.17, 15) is 9.18 Å². The molecule has 7 nitrogen and oxygen atoms in total. The second-order valence-electron chi connectivity index (χ2n) is 8.04. The van der Waals surface area contributed by atoms with E-state index in [0.717, 1.165) is 46.6 Å². The molecule has 0 saturated carbocycles. The number of aromatic nitrogens is 3. The number of aryl methyl sites for hydroxylation is 1. The maximum absolute atomic E-state index is 13.6. The van der Waals surface area contributed by atoms with E-state index in [0.29, 0.717) is 24.0 Å². The number of benzene rings is 2. The zero-order valence-corrected chi connectivity index (χ0v) is 17.6. The molecule has 1 aliphatic rings. The molecule has 0 aliphatic carbocycles. The molecule has 0 atom stereocenters. The lowest BCUT2D eigenvalue weighted by atomic mass is 9.95. The van der Waals surface area contributed by atoms with Crippen molar-refractivity contribution in [2.75, 3.05) is 18.4 Å². The molecule has 8 heteroatoms. The van der Waals surface area contributed by atoms with Gasteiger partial charge in [-0.1, -0.05) is 18.2 Å². The van der Waals surface area contributed by atoms with Crippen molar-refractivity contribution in [3.8, 4) is 5.95 Å². The minimum Gasteiger partial charge on any atom is -0.366 e. The number of fused-ring (bicyclic) bond motifs is 1. The first-order chi connectivity index (χ1) is 15.5. The standard InChI is InChI=1S/C24H23FN6O/c1-14-8-19-18(22(26)32)6-3-7-21(19)31(14)24-29-13-20(16-11-27-12-16)23(30-24)28-10-15-4-2-5-17(25)9-15/h2-9,13,16,27H,10-12H2,1H3,(H2,26,32)(H,28,29,30). The van der Waals surface area contributed by atoms with Gasteiger partial charge in [-0.15, -0.1) is 0 Å². The lowest BCUT2D eigenvalue weighted by Crippen LogP contribution is -2.40. The van der Waals surface area contributed by atoms with Crippen LogP contribution >= 0.6 is 0 Å². The first-order valence-corrected chi connectivity index (χ1v) is 10.5. The first kappa shape index (κ1) is 20.1. The zero-order chi connectivity index (χ0) is 22.2. The lowest BCUT2D eigenvalue weighted by Gasteiger charge is -2.29. The van der Waals surface area contributed by atoms with Gasteiger partial charge in [0.25, 0.3) is 0 Å². The smallest absolute Gasteiger partial charge is 0.249 e. The number of anilines is 1. The van der Waals surface area contributed by atoms with Gasteiger partial charge >= 0.3 is 0 Å². The lowest BCUT2D eigenvalue weighted by molar-refractivity contribution is 0.100. The van der Waals surface area contributed by atoms with Crippen molar-refractivity contribution in [3.63, 3.8) is 0 Å². The summed E-state index contributed by atoms with van der Waals surface area (Å²) in [6.45, 7) is 4.12. The van der Waals surface area contributed by atoms with E-state index in [1.165, 1.54) is 12.1 Å². The van der Waals surface area contributed by atoms with E-state index >= 15 is 0 Å². The fraction of sp³-hybridized carbons (Fsp3) is 0.208. The number of nitrogens with one attached hydrogen (secondary N) is 2. The number of rotatable bonds is 6. The van der Waals surface area contributed by atoms with Crippen LogP contribution in [0, 0.1) is 12.7 Å². The molecule has 1 saturated heterocycles. The monoisotopic (exact) mass is 430 g/mol. The third kappa shape index (κ3) is 3.58. The number of nitrogens with two attached hydrogens (primary N) is 1. The number of amides is 1. The van der Waals surface area contributed by atoms with Gasteiger partial charge in [-0.05, 0) is 42.8 Å². The van der Waals surface area contributed by atoms with Crippen molar-refractivity contribution < 1.29 is 9.18 Å². The van der Waals surface area contributed by atoms with Gasteiger partial charge in [0, 0.05) is 54.0 Å². The predicted molar refractivity (Wildman–Crippen MR) is 121 cm³/mol. The molecule has 5 rings (SSSR count). The minimum atomic E-state index is -0.473. The normalized spacial score (nSPS) is 13.8.